The largest absolute Gasteiger partial charge is 0.496 e. The van der Waals surface area contributed by atoms with E-state index in [4.69, 9.17) is 9.47 Å². The average Bonchev–Trinajstić information content (AvgIpc) is 3.32. The number of hydrogen-bond acceptors (Lipinski definition) is 5. The fourth-order valence-corrected chi connectivity index (χ4v) is 3.71. The molecule has 0 aliphatic heterocycles. The summed E-state index contributed by atoms with van der Waals surface area (Å²) in [5, 5.41) is 7.24. The fraction of sp³-hybridized carbons (Fsp3) is 0.261. The number of hydrogen-bond donors (Lipinski definition) is 1. The molecule has 8 nitrogen and oxygen atoms in total. The summed E-state index contributed by atoms with van der Waals surface area (Å²) in [5.41, 5.74) is 5.08. The maximum atomic E-state index is 12.7. The Hall–Kier alpha value is -3.81. The Morgan fingerprint density at radius 2 is 1.84 bits per heavy atom. The molecule has 31 heavy (non-hydrogen) atoms. The number of rotatable bonds is 6. The second kappa shape index (κ2) is 7.46. The minimum absolute atomic E-state index is 0.181. The number of nitrogens with zero attached hydrogens (tertiary/aromatic N) is 4. The zero-order valence-corrected chi connectivity index (χ0v) is 17.6. The molecule has 2 aromatic carbocycles. The first-order valence-electron chi connectivity index (χ1n) is 10.1. The van der Waals surface area contributed by atoms with Gasteiger partial charge in [-0.2, -0.15) is 5.10 Å². The van der Waals surface area contributed by atoms with E-state index in [0.717, 1.165) is 40.7 Å². The van der Waals surface area contributed by atoms with Crippen LogP contribution in [0.25, 0.3) is 27.8 Å². The molecule has 4 aromatic rings. The Morgan fingerprint density at radius 3 is 2.45 bits per heavy atom. The molecule has 5 rings (SSSR count). The van der Waals surface area contributed by atoms with Crippen LogP contribution in [0.15, 0.2) is 49.1 Å². The SMILES string of the molecule is COc1cc(-n2cnc3cc(-c4cnn(C)c4)ccc32)cc(OC)c1C(=O)NC1CC1. The second-order valence-corrected chi connectivity index (χ2v) is 7.69. The van der Waals surface area contributed by atoms with Gasteiger partial charge in [0.25, 0.3) is 5.91 Å². The number of aryl methyl sites for hydroxylation is 1. The number of nitrogens with one attached hydrogen (secondary N) is 1. The number of benzene rings is 2. The molecule has 0 radical (unpaired) electrons. The van der Waals surface area contributed by atoms with Crippen LogP contribution in [-0.2, 0) is 7.05 Å². The van der Waals surface area contributed by atoms with Crippen LogP contribution in [-0.4, -0.2) is 45.5 Å². The van der Waals surface area contributed by atoms with Crippen LogP contribution in [0.3, 0.4) is 0 Å². The lowest BCUT2D eigenvalue weighted by molar-refractivity contribution is 0.0945. The van der Waals surface area contributed by atoms with E-state index in [1.165, 1.54) is 0 Å². The molecule has 1 aliphatic rings. The molecular formula is C23H23N5O3. The lowest BCUT2D eigenvalue weighted by atomic mass is 10.1. The van der Waals surface area contributed by atoms with E-state index in [-0.39, 0.29) is 11.9 Å². The number of ether oxygens (including phenoxy) is 2. The van der Waals surface area contributed by atoms with E-state index >= 15 is 0 Å². The van der Waals surface area contributed by atoms with Gasteiger partial charge >= 0.3 is 0 Å². The van der Waals surface area contributed by atoms with Crippen LogP contribution in [0, 0.1) is 0 Å². The van der Waals surface area contributed by atoms with Crippen molar-refractivity contribution < 1.29 is 14.3 Å². The molecular weight excluding hydrogens is 394 g/mol. The fourth-order valence-electron chi connectivity index (χ4n) is 3.71. The minimum Gasteiger partial charge on any atom is -0.496 e. The van der Waals surface area contributed by atoms with Crippen molar-refractivity contribution in [3.05, 3.63) is 54.6 Å². The van der Waals surface area contributed by atoms with Gasteiger partial charge in [0.05, 0.1) is 37.1 Å². The number of amides is 1. The number of carbonyl (C=O) groups excluding carboxylic acids is 1. The average molecular weight is 417 g/mol. The van der Waals surface area contributed by atoms with Gasteiger partial charge in [-0.1, -0.05) is 6.07 Å². The summed E-state index contributed by atoms with van der Waals surface area (Å²) in [6.07, 6.45) is 7.58. The molecule has 0 bridgehead atoms. The summed E-state index contributed by atoms with van der Waals surface area (Å²) in [5.74, 6) is 0.738. The Labute approximate surface area is 179 Å². The molecule has 8 heteroatoms. The van der Waals surface area contributed by atoms with Crippen LogP contribution in [0.4, 0.5) is 0 Å². The summed E-state index contributed by atoms with van der Waals surface area (Å²) >= 11 is 0. The predicted molar refractivity (Wildman–Crippen MR) is 117 cm³/mol. The molecule has 1 fully saturated rings. The zero-order valence-electron chi connectivity index (χ0n) is 17.6. The lowest BCUT2D eigenvalue weighted by Gasteiger charge is -2.16. The number of carbonyl (C=O) groups is 1. The van der Waals surface area contributed by atoms with Gasteiger partial charge in [0.15, 0.2) is 0 Å². The third-order valence-electron chi connectivity index (χ3n) is 5.49. The van der Waals surface area contributed by atoms with Crippen molar-refractivity contribution in [2.75, 3.05) is 14.2 Å². The Kier molecular flexibility index (Phi) is 4.62. The molecule has 0 saturated heterocycles. The van der Waals surface area contributed by atoms with Gasteiger partial charge < -0.3 is 14.8 Å². The van der Waals surface area contributed by atoms with Crippen LogP contribution in [0.2, 0.25) is 0 Å². The van der Waals surface area contributed by atoms with E-state index in [1.807, 2.05) is 54.3 Å². The Morgan fingerprint density at radius 1 is 1.10 bits per heavy atom. The molecule has 1 saturated carbocycles. The maximum Gasteiger partial charge on any atom is 0.259 e. The molecule has 0 spiro atoms. The first kappa shape index (κ1) is 19.2. The van der Waals surface area contributed by atoms with Crippen LogP contribution < -0.4 is 14.8 Å². The number of aromatic nitrogens is 4. The molecule has 0 unspecified atom stereocenters. The van der Waals surface area contributed by atoms with Crippen LogP contribution >= 0.6 is 0 Å². The van der Waals surface area contributed by atoms with Gasteiger partial charge in [-0.15, -0.1) is 0 Å². The van der Waals surface area contributed by atoms with Crippen molar-refractivity contribution in [1.82, 2.24) is 24.6 Å². The second-order valence-electron chi connectivity index (χ2n) is 7.69. The van der Waals surface area contributed by atoms with Crippen molar-refractivity contribution in [3.63, 3.8) is 0 Å². The first-order chi connectivity index (χ1) is 15.1. The van der Waals surface area contributed by atoms with Crippen LogP contribution in [0.5, 0.6) is 11.5 Å². The van der Waals surface area contributed by atoms with Crippen molar-refractivity contribution in [1.29, 1.82) is 0 Å². The highest BCUT2D eigenvalue weighted by atomic mass is 16.5. The highest BCUT2D eigenvalue weighted by molar-refractivity contribution is 6.00. The first-order valence-corrected chi connectivity index (χ1v) is 10.1. The molecule has 1 amide bonds. The summed E-state index contributed by atoms with van der Waals surface area (Å²) < 4.78 is 14.8. The van der Waals surface area contributed by atoms with Crippen molar-refractivity contribution in [3.8, 4) is 28.3 Å². The summed E-state index contributed by atoms with van der Waals surface area (Å²) in [4.78, 5) is 17.3. The lowest BCUT2D eigenvalue weighted by Crippen LogP contribution is -2.26. The minimum atomic E-state index is -0.181. The molecule has 1 aliphatic carbocycles. The summed E-state index contributed by atoms with van der Waals surface area (Å²) in [6.45, 7) is 0. The number of fused-ring (bicyclic) bond motifs is 1. The number of methoxy groups -OCH3 is 2. The Balaban J connectivity index is 1.56. The summed E-state index contributed by atoms with van der Waals surface area (Å²) in [7, 11) is 5.00. The van der Waals surface area contributed by atoms with Crippen molar-refractivity contribution in [2.45, 2.75) is 18.9 Å². The molecule has 1 N–H and O–H groups in total. The van der Waals surface area contributed by atoms with Gasteiger partial charge in [0.1, 0.15) is 23.4 Å². The molecule has 2 heterocycles. The van der Waals surface area contributed by atoms with Crippen molar-refractivity contribution >= 4 is 16.9 Å². The normalized spacial score (nSPS) is 13.4. The predicted octanol–water partition coefficient (Wildman–Crippen LogP) is 3.34. The standard InChI is InChI=1S/C23H23N5O3/c1-27-12-15(11-25-27)14-4-7-19-18(8-14)24-13-28(19)17-9-20(30-2)22(21(10-17)31-3)23(29)26-16-5-6-16/h4,7-13,16H,5-6H2,1-3H3,(H,26,29). The van der Waals surface area contributed by atoms with Gasteiger partial charge in [-0.25, -0.2) is 4.98 Å². The zero-order chi connectivity index (χ0) is 21.5. The Bertz CT molecular complexity index is 1260. The number of imidazole rings is 1. The van der Waals surface area contributed by atoms with Gasteiger partial charge in [-0.3, -0.25) is 14.0 Å². The van der Waals surface area contributed by atoms with E-state index in [9.17, 15) is 4.79 Å². The van der Waals surface area contributed by atoms with E-state index in [1.54, 1.807) is 25.2 Å². The topological polar surface area (TPSA) is 83.2 Å². The van der Waals surface area contributed by atoms with Crippen LogP contribution in [0.1, 0.15) is 23.2 Å². The molecule has 0 atom stereocenters. The smallest absolute Gasteiger partial charge is 0.259 e. The monoisotopic (exact) mass is 417 g/mol. The molecule has 2 aromatic heterocycles. The third-order valence-corrected chi connectivity index (χ3v) is 5.49. The third kappa shape index (κ3) is 3.50. The van der Waals surface area contributed by atoms with Gasteiger partial charge in [-0.05, 0) is 30.5 Å². The van der Waals surface area contributed by atoms with E-state index in [0.29, 0.717) is 17.1 Å². The van der Waals surface area contributed by atoms with Gasteiger partial charge in [0, 0.05) is 37.0 Å². The highest BCUT2D eigenvalue weighted by Gasteiger charge is 2.28. The molecule has 158 valence electrons. The van der Waals surface area contributed by atoms with E-state index in [2.05, 4.69) is 15.4 Å². The highest BCUT2D eigenvalue weighted by Crippen LogP contribution is 2.34. The summed E-state index contributed by atoms with van der Waals surface area (Å²) in [6, 6.07) is 10.0. The van der Waals surface area contributed by atoms with Crippen molar-refractivity contribution in [2.24, 2.45) is 7.05 Å². The maximum absolute atomic E-state index is 12.7. The van der Waals surface area contributed by atoms with Gasteiger partial charge in [0.2, 0.25) is 0 Å². The quantitative estimate of drug-likeness (QED) is 0.520. The van der Waals surface area contributed by atoms with E-state index < -0.39 is 0 Å².